The predicted octanol–water partition coefficient (Wildman–Crippen LogP) is 3.38. The van der Waals surface area contributed by atoms with E-state index in [-0.39, 0.29) is 36.0 Å². The first-order valence-electron chi connectivity index (χ1n) is 8.59. The van der Waals surface area contributed by atoms with Gasteiger partial charge in [-0.3, -0.25) is 14.6 Å². The Bertz CT molecular complexity index is 926. The molecule has 0 radical (unpaired) electrons. The van der Waals surface area contributed by atoms with Crippen LogP contribution in [0.1, 0.15) is 29.0 Å². The predicted molar refractivity (Wildman–Crippen MR) is 103 cm³/mol. The molecule has 11 heteroatoms. The molecule has 1 aromatic carbocycles. The van der Waals surface area contributed by atoms with Gasteiger partial charge < -0.3 is 15.0 Å². The van der Waals surface area contributed by atoms with Crippen molar-refractivity contribution < 1.29 is 27.5 Å². The summed E-state index contributed by atoms with van der Waals surface area (Å²) in [6, 6.07) is 3.80. The van der Waals surface area contributed by atoms with Crippen LogP contribution in [0, 0.1) is 5.82 Å². The van der Waals surface area contributed by atoms with E-state index in [4.69, 9.17) is 16.3 Å². The van der Waals surface area contributed by atoms with Crippen LogP contribution in [0.15, 0.2) is 42.9 Å². The highest BCUT2D eigenvalue weighted by atomic mass is 35.5. The van der Waals surface area contributed by atoms with Gasteiger partial charge in [0.15, 0.2) is 6.61 Å². The quantitative estimate of drug-likeness (QED) is 0.643. The molecular formula is C19H18ClF3N4O3. The summed E-state index contributed by atoms with van der Waals surface area (Å²) >= 11 is 5.56. The first kappa shape index (κ1) is 23.1. The lowest BCUT2D eigenvalue weighted by Crippen LogP contribution is -2.32. The Labute approximate surface area is 175 Å². The average Bonchev–Trinajstić information content (AvgIpc) is 2.73. The zero-order valence-electron chi connectivity index (χ0n) is 15.9. The van der Waals surface area contributed by atoms with Crippen LogP contribution < -0.4 is 10.1 Å². The lowest BCUT2D eigenvalue weighted by molar-refractivity contribution is -0.123. The molecule has 7 nitrogen and oxygen atoms in total. The van der Waals surface area contributed by atoms with Crippen LogP contribution in [0.4, 0.5) is 13.2 Å². The van der Waals surface area contributed by atoms with Crippen molar-refractivity contribution in [2.45, 2.75) is 12.8 Å². The van der Waals surface area contributed by atoms with Crippen molar-refractivity contribution in [2.75, 3.05) is 20.2 Å². The number of benzene rings is 1. The zero-order chi connectivity index (χ0) is 22.3. The highest BCUT2D eigenvalue weighted by molar-refractivity contribution is 6.30. The summed E-state index contributed by atoms with van der Waals surface area (Å²) in [5.74, 6) is -1.54. The fraction of sp³-hybridized carbons (Fsp3) is 0.263. The van der Waals surface area contributed by atoms with E-state index in [2.05, 4.69) is 21.9 Å². The molecule has 1 heterocycles. The van der Waals surface area contributed by atoms with E-state index in [9.17, 15) is 22.8 Å². The number of alkyl halides is 2. The van der Waals surface area contributed by atoms with Crippen LogP contribution >= 0.6 is 11.6 Å². The Morgan fingerprint density at radius 3 is 2.63 bits per heavy atom. The molecule has 0 aliphatic carbocycles. The topological polar surface area (TPSA) is 84.4 Å². The van der Waals surface area contributed by atoms with Gasteiger partial charge in [0, 0.05) is 31.8 Å². The van der Waals surface area contributed by atoms with E-state index < -0.39 is 29.8 Å². The van der Waals surface area contributed by atoms with Gasteiger partial charge in [-0.25, -0.2) is 18.2 Å². The molecule has 0 saturated carbocycles. The summed E-state index contributed by atoms with van der Waals surface area (Å²) in [4.78, 5) is 32.5. The number of aromatic nitrogens is 2. The van der Waals surface area contributed by atoms with Crippen LogP contribution in [-0.4, -0.2) is 46.9 Å². The van der Waals surface area contributed by atoms with Gasteiger partial charge in [0.2, 0.25) is 0 Å². The van der Waals surface area contributed by atoms with Crippen molar-refractivity contribution in [2.24, 2.45) is 0 Å². The number of carbonyl (C=O) groups is 2. The maximum atomic E-state index is 13.3. The molecular weight excluding hydrogens is 425 g/mol. The number of rotatable bonds is 9. The first-order valence-corrected chi connectivity index (χ1v) is 8.97. The molecule has 0 bridgehead atoms. The number of hydrogen-bond acceptors (Lipinski definition) is 5. The molecule has 30 heavy (non-hydrogen) atoms. The van der Waals surface area contributed by atoms with E-state index in [1.165, 1.54) is 24.1 Å². The van der Waals surface area contributed by atoms with Gasteiger partial charge in [-0.1, -0.05) is 18.2 Å². The fourth-order valence-corrected chi connectivity index (χ4v) is 2.27. The van der Waals surface area contributed by atoms with Gasteiger partial charge in [0.1, 0.15) is 23.0 Å². The van der Waals surface area contributed by atoms with Crippen LogP contribution in [0.25, 0.3) is 0 Å². The molecule has 0 fully saturated rings. The Morgan fingerprint density at radius 1 is 1.30 bits per heavy atom. The highest BCUT2D eigenvalue weighted by Crippen LogP contribution is 2.20. The second-order valence-electron chi connectivity index (χ2n) is 6.02. The summed E-state index contributed by atoms with van der Waals surface area (Å²) in [5, 5.41) is 2.51. The number of hydrogen-bond donors (Lipinski definition) is 1. The third kappa shape index (κ3) is 6.45. The van der Waals surface area contributed by atoms with Gasteiger partial charge in [0.25, 0.3) is 18.2 Å². The lowest BCUT2D eigenvalue weighted by atomic mass is 10.2. The lowest BCUT2D eigenvalue weighted by Gasteiger charge is -2.19. The zero-order valence-corrected chi connectivity index (χ0v) is 16.6. The third-order valence-electron chi connectivity index (χ3n) is 3.89. The summed E-state index contributed by atoms with van der Waals surface area (Å²) in [6.45, 7) is 3.57. The Balaban J connectivity index is 1.76. The molecule has 2 rings (SSSR count). The molecule has 160 valence electrons. The second-order valence-corrected chi connectivity index (χ2v) is 6.43. The van der Waals surface area contributed by atoms with E-state index in [1.54, 1.807) is 0 Å². The minimum absolute atomic E-state index is 0.0556. The number of carbonyl (C=O) groups excluding carboxylic acids is 2. The third-order valence-corrected chi connectivity index (χ3v) is 4.20. The number of amides is 2. The van der Waals surface area contributed by atoms with Crippen molar-refractivity contribution in [3.05, 3.63) is 65.1 Å². The van der Waals surface area contributed by atoms with E-state index in [0.29, 0.717) is 5.70 Å². The molecule has 2 aromatic rings. The largest absolute Gasteiger partial charge is 0.484 e. The first-order chi connectivity index (χ1) is 14.2. The standard InChI is InChI=1S/C19H18ClF3N4O3/c1-11(27(2)19(29)16-9-25-15(8-26-16)18(22)23)5-6-24-17(28)10-30-12-3-4-13(20)14(21)7-12/h3-4,7-9,18H,1,5-6,10H2,2H3,(H,24,28). The summed E-state index contributed by atoms with van der Waals surface area (Å²) < 4.78 is 43.5. The van der Waals surface area contributed by atoms with Gasteiger partial charge in [-0.05, 0) is 12.1 Å². The van der Waals surface area contributed by atoms with Crippen molar-refractivity contribution in [3.8, 4) is 5.75 Å². The Morgan fingerprint density at radius 2 is 2.03 bits per heavy atom. The normalized spacial score (nSPS) is 10.6. The SMILES string of the molecule is C=C(CCNC(=O)COc1ccc(Cl)c(F)c1)N(C)C(=O)c1cnc(C(F)F)cn1. The van der Waals surface area contributed by atoms with Crippen molar-refractivity contribution in [1.29, 1.82) is 0 Å². The van der Waals surface area contributed by atoms with Crippen LogP contribution in [-0.2, 0) is 4.79 Å². The van der Waals surface area contributed by atoms with Crippen LogP contribution in [0.5, 0.6) is 5.75 Å². The Hall–Kier alpha value is -3.14. The average molecular weight is 443 g/mol. The summed E-state index contributed by atoms with van der Waals surface area (Å²) in [5.41, 5.74) is -0.282. The van der Waals surface area contributed by atoms with Crippen molar-refractivity contribution >= 4 is 23.4 Å². The minimum atomic E-state index is -2.78. The number of ether oxygens (including phenoxy) is 1. The van der Waals surface area contributed by atoms with Gasteiger partial charge in [0.05, 0.1) is 17.4 Å². The Kier molecular flexibility index (Phi) is 8.16. The van der Waals surface area contributed by atoms with Gasteiger partial charge in [-0.15, -0.1) is 0 Å². The molecule has 0 atom stereocenters. The molecule has 1 N–H and O–H groups in total. The van der Waals surface area contributed by atoms with Crippen LogP contribution in [0.2, 0.25) is 5.02 Å². The fourth-order valence-electron chi connectivity index (χ4n) is 2.16. The number of halogens is 4. The summed E-state index contributed by atoms with van der Waals surface area (Å²) in [7, 11) is 1.44. The molecule has 2 amide bonds. The number of nitrogens with one attached hydrogen (secondary N) is 1. The molecule has 0 aliphatic heterocycles. The van der Waals surface area contributed by atoms with E-state index in [1.807, 2.05) is 0 Å². The van der Waals surface area contributed by atoms with Gasteiger partial charge >= 0.3 is 0 Å². The smallest absolute Gasteiger partial charge is 0.281 e. The van der Waals surface area contributed by atoms with E-state index in [0.717, 1.165) is 18.5 Å². The summed E-state index contributed by atoms with van der Waals surface area (Å²) in [6.07, 6.45) is -0.750. The minimum Gasteiger partial charge on any atom is -0.484 e. The van der Waals surface area contributed by atoms with E-state index >= 15 is 0 Å². The molecule has 0 spiro atoms. The second kappa shape index (κ2) is 10.6. The molecule has 0 unspecified atom stereocenters. The molecule has 0 saturated heterocycles. The van der Waals surface area contributed by atoms with Crippen molar-refractivity contribution in [3.63, 3.8) is 0 Å². The monoisotopic (exact) mass is 442 g/mol. The molecule has 1 aromatic heterocycles. The van der Waals surface area contributed by atoms with Crippen LogP contribution in [0.3, 0.4) is 0 Å². The molecule has 0 aliphatic rings. The highest BCUT2D eigenvalue weighted by Gasteiger charge is 2.18. The van der Waals surface area contributed by atoms with Gasteiger partial charge in [-0.2, -0.15) is 0 Å². The van der Waals surface area contributed by atoms with Crippen molar-refractivity contribution in [1.82, 2.24) is 20.2 Å². The maximum absolute atomic E-state index is 13.3. The maximum Gasteiger partial charge on any atom is 0.281 e. The number of nitrogens with zero attached hydrogens (tertiary/aromatic N) is 3.